The zero-order chi connectivity index (χ0) is 21.8. The van der Waals surface area contributed by atoms with E-state index in [0.717, 1.165) is 5.56 Å². The first kappa shape index (κ1) is 22.1. The van der Waals surface area contributed by atoms with Crippen molar-refractivity contribution in [1.82, 2.24) is 0 Å². The van der Waals surface area contributed by atoms with Gasteiger partial charge < -0.3 is 5.73 Å². The summed E-state index contributed by atoms with van der Waals surface area (Å²) in [5, 5.41) is 0. The summed E-state index contributed by atoms with van der Waals surface area (Å²) in [6.07, 6.45) is -4.75. The highest BCUT2D eigenvalue weighted by Gasteiger charge is 2.41. The normalized spacial score (nSPS) is 22.5. The Hall–Kier alpha value is -2.63. The van der Waals surface area contributed by atoms with Crippen LogP contribution in [0.25, 0.3) is 0 Å². The van der Waals surface area contributed by atoms with Gasteiger partial charge in [0.2, 0.25) is 0 Å². The third-order valence-corrected chi connectivity index (χ3v) is 7.14. The molecular weight excluding hydrogens is 413 g/mol. The zero-order valence-corrected chi connectivity index (χ0v) is 16.9. The minimum absolute atomic E-state index is 0.0402. The van der Waals surface area contributed by atoms with E-state index >= 15 is 0 Å². The van der Waals surface area contributed by atoms with Crippen LogP contribution < -0.4 is 5.73 Å². The van der Waals surface area contributed by atoms with Crippen LogP contribution in [0.5, 0.6) is 0 Å². The average molecular weight is 434 g/mol. The number of carbonyl (C=O) groups is 1. The van der Waals surface area contributed by atoms with Crippen LogP contribution >= 0.6 is 0 Å². The van der Waals surface area contributed by atoms with E-state index in [2.05, 4.69) is 16.2 Å². The van der Waals surface area contributed by atoms with Crippen molar-refractivity contribution < 1.29 is 22.2 Å². The average Bonchev–Trinajstić information content (AvgIpc) is 2.70. The first-order valence-corrected chi connectivity index (χ1v) is 11.3. The van der Waals surface area contributed by atoms with Crippen molar-refractivity contribution >= 4 is 15.6 Å². The molecule has 3 atom stereocenters. The number of halogens is 3. The van der Waals surface area contributed by atoms with Crippen LogP contribution in [-0.4, -0.2) is 33.8 Å². The van der Waals surface area contributed by atoms with Gasteiger partial charge in [0, 0.05) is 22.6 Å². The molecule has 1 aliphatic rings. The van der Waals surface area contributed by atoms with Gasteiger partial charge in [-0.3, -0.25) is 4.79 Å². The maximum Gasteiger partial charge on any atom is 0.395 e. The fourth-order valence-electron chi connectivity index (χ4n) is 3.15. The number of nitrogens with two attached hydrogens (primary N) is 1. The van der Waals surface area contributed by atoms with Gasteiger partial charge in [-0.05, 0) is 42.7 Å². The topological polar surface area (TPSA) is 72.5 Å². The fourth-order valence-corrected chi connectivity index (χ4v) is 5.22. The predicted octanol–water partition coefficient (Wildman–Crippen LogP) is 3.85. The Morgan fingerprint density at radius 3 is 2.23 bits per heavy atom. The second-order valence-corrected chi connectivity index (χ2v) is 9.67. The smallest absolute Gasteiger partial charge is 0.320 e. The summed E-state index contributed by atoms with van der Waals surface area (Å²) in [4.78, 5) is 11.6. The molecule has 1 amide bonds. The Morgan fingerprint density at radius 2 is 1.67 bits per heavy atom. The molecule has 0 aromatic heterocycles. The van der Waals surface area contributed by atoms with Crippen LogP contribution in [0.3, 0.4) is 0 Å². The van der Waals surface area contributed by atoms with Crippen LogP contribution in [0, 0.1) is 11.8 Å². The molecule has 30 heavy (non-hydrogen) atoms. The van der Waals surface area contributed by atoms with Gasteiger partial charge in [-0.15, -0.1) is 0 Å². The Labute approximate surface area is 173 Å². The molecule has 2 aromatic rings. The maximum absolute atomic E-state index is 13.7. The molecule has 2 unspecified atom stereocenters. The minimum Gasteiger partial charge on any atom is -0.320 e. The third kappa shape index (κ3) is 5.71. The highest BCUT2D eigenvalue weighted by atomic mass is 32.2. The number of nitrogens with zero attached hydrogens (tertiary/aromatic N) is 1. The standard InChI is InChI=1S/C22H21F3N2O2S/c23-22(24,25)19(12-14-30(29)15-13-20(26)21(28)27-30)18-10-8-17(9-11-18)7-6-16-4-2-1-3-5-16/h1-5,8-11,19-20H,12-15,26H2/t19?,20-,30?/m0/s1. The van der Waals surface area contributed by atoms with E-state index in [-0.39, 0.29) is 23.5 Å². The largest absolute Gasteiger partial charge is 0.395 e. The van der Waals surface area contributed by atoms with Crippen LogP contribution in [0.15, 0.2) is 59.0 Å². The zero-order valence-electron chi connectivity index (χ0n) is 16.1. The van der Waals surface area contributed by atoms with Crippen LogP contribution in [0.2, 0.25) is 0 Å². The lowest BCUT2D eigenvalue weighted by Crippen LogP contribution is -2.37. The Morgan fingerprint density at radius 1 is 1.07 bits per heavy atom. The van der Waals surface area contributed by atoms with Gasteiger partial charge in [0.05, 0.1) is 21.7 Å². The second kappa shape index (κ2) is 9.02. The lowest BCUT2D eigenvalue weighted by Gasteiger charge is -2.23. The minimum atomic E-state index is -4.51. The fraction of sp³-hybridized carbons (Fsp3) is 0.318. The van der Waals surface area contributed by atoms with E-state index in [9.17, 15) is 22.2 Å². The van der Waals surface area contributed by atoms with E-state index in [4.69, 9.17) is 5.73 Å². The van der Waals surface area contributed by atoms with E-state index < -0.39 is 40.2 Å². The number of hydrogen-bond donors (Lipinski definition) is 1. The molecule has 4 nitrogen and oxygen atoms in total. The van der Waals surface area contributed by atoms with Gasteiger partial charge in [-0.25, -0.2) is 4.21 Å². The maximum atomic E-state index is 13.7. The van der Waals surface area contributed by atoms with Gasteiger partial charge in [-0.2, -0.15) is 17.5 Å². The molecule has 2 N–H and O–H groups in total. The molecule has 158 valence electrons. The van der Waals surface area contributed by atoms with Gasteiger partial charge in [-0.1, -0.05) is 42.2 Å². The molecule has 1 heterocycles. The van der Waals surface area contributed by atoms with Gasteiger partial charge in [0.25, 0.3) is 5.91 Å². The van der Waals surface area contributed by atoms with E-state index in [1.165, 1.54) is 24.3 Å². The molecule has 1 aliphatic heterocycles. The van der Waals surface area contributed by atoms with Gasteiger partial charge >= 0.3 is 6.18 Å². The number of benzene rings is 2. The molecule has 0 aliphatic carbocycles. The van der Waals surface area contributed by atoms with E-state index in [1.807, 2.05) is 30.3 Å². The highest BCUT2D eigenvalue weighted by Crippen LogP contribution is 2.38. The molecule has 2 aromatic carbocycles. The lowest BCUT2D eigenvalue weighted by molar-refractivity contribution is -0.150. The van der Waals surface area contributed by atoms with Crippen LogP contribution in [-0.2, 0) is 14.5 Å². The van der Waals surface area contributed by atoms with Crippen molar-refractivity contribution in [2.75, 3.05) is 11.5 Å². The van der Waals surface area contributed by atoms with Crippen molar-refractivity contribution in [3.8, 4) is 11.8 Å². The van der Waals surface area contributed by atoms with Crippen LogP contribution in [0.1, 0.15) is 35.4 Å². The molecule has 0 radical (unpaired) electrons. The van der Waals surface area contributed by atoms with Crippen molar-refractivity contribution in [2.24, 2.45) is 10.1 Å². The summed E-state index contributed by atoms with van der Waals surface area (Å²) in [6.45, 7) is 0. The van der Waals surface area contributed by atoms with E-state index in [0.29, 0.717) is 5.56 Å². The molecular formula is C22H21F3N2O2S. The monoisotopic (exact) mass is 434 g/mol. The van der Waals surface area contributed by atoms with Gasteiger partial charge in [0.1, 0.15) is 0 Å². The first-order valence-electron chi connectivity index (χ1n) is 9.42. The third-order valence-electron chi connectivity index (χ3n) is 4.88. The quantitative estimate of drug-likeness (QED) is 0.743. The SMILES string of the molecule is N[C@H]1CCS(=O)(CCC(c2ccc(C#Cc3ccccc3)cc2)C(F)(F)F)=NC1=O. The summed E-state index contributed by atoms with van der Waals surface area (Å²) in [5.74, 6) is 3.12. The molecule has 8 heteroatoms. The molecule has 0 spiro atoms. The predicted molar refractivity (Wildman–Crippen MR) is 110 cm³/mol. The summed E-state index contributed by atoms with van der Waals surface area (Å²) < 4.78 is 57.2. The number of carbonyl (C=O) groups excluding carboxylic acids is 1. The molecule has 0 saturated carbocycles. The Bertz CT molecular complexity index is 1080. The first-order chi connectivity index (χ1) is 14.2. The number of rotatable bonds is 4. The van der Waals surface area contributed by atoms with Crippen molar-refractivity contribution in [2.45, 2.75) is 31.0 Å². The number of amides is 1. The second-order valence-electron chi connectivity index (χ2n) is 7.13. The Kier molecular flexibility index (Phi) is 6.64. The molecule has 0 fully saturated rings. The van der Waals surface area contributed by atoms with Crippen molar-refractivity contribution in [1.29, 1.82) is 0 Å². The summed E-state index contributed by atoms with van der Waals surface area (Å²) in [7, 11) is -3.01. The van der Waals surface area contributed by atoms with E-state index in [1.54, 1.807) is 0 Å². The number of hydrogen-bond acceptors (Lipinski definition) is 3. The lowest BCUT2D eigenvalue weighted by atomic mass is 9.95. The Balaban J connectivity index is 1.76. The van der Waals surface area contributed by atoms with Gasteiger partial charge in [0.15, 0.2) is 0 Å². The highest BCUT2D eigenvalue weighted by molar-refractivity contribution is 7.93. The summed E-state index contributed by atoms with van der Waals surface area (Å²) in [5.41, 5.74) is 7.00. The van der Waals surface area contributed by atoms with Crippen molar-refractivity contribution in [3.05, 3.63) is 71.3 Å². The molecule has 3 rings (SSSR count). The van der Waals surface area contributed by atoms with Crippen molar-refractivity contribution in [3.63, 3.8) is 0 Å². The number of alkyl halides is 3. The summed E-state index contributed by atoms with van der Waals surface area (Å²) in [6, 6.07) is 14.3. The summed E-state index contributed by atoms with van der Waals surface area (Å²) >= 11 is 0. The van der Waals surface area contributed by atoms with Crippen LogP contribution in [0.4, 0.5) is 13.2 Å². The molecule has 0 saturated heterocycles. The molecule has 0 bridgehead atoms.